The fourth-order valence-electron chi connectivity index (χ4n) is 2.40. The SMILES string of the molecule is COCC(=O)Nc1ccc(NC(=O)Cc2ccc(-n3cnnn3)cc2)cc1. The van der Waals surface area contributed by atoms with Gasteiger partial charge in [-0.1, -0.05) is 12.1 Å². The highest BCUT2D eigenvalue weighted by atomic mass is 16.5. The number of amides is 2. The second-order valence-electron chi connectivity index (χ2n) is 5.70. The van der Waals surface area contributed by atoms with Crippen molar-refractivity contribution >= 4 is 23.2 Å². The van der Waals surface area contributed by atoms with Crippen LogP contribution in [-0.2, 0) is 20.7 Å². The molecule has 0 unspecified atom stereocenters. The van der Waals surface area contributed by atoms with E-state index in [0.717, 1.165) is 11.3 Å². The molecule has 3 rings (SSSR count). The summed E-state index contributed by atoms with van der Waals surface area (Å²) in [6.45, 7) is -0.00923. The van der Waals surface area contributed by atoms with Crippen LogP contribution in [-0.4, -0.2) is 45.7 Å². The summed E-state index contributed by atoms with van der Waals surface area (Å²) >= 11 is 0. The Labute approximate surface area is 155 Å². The molecule has 9 nitrogen and oxygen atoms in total. The van der Waals surface area contributed by atoms with Crippen molar-refractivity contribution < 1.29 is 14.3 Å². The zero-order chi connectivity index (χ0) is 19.1. The van der Waals surface area contributed by atoms with Crippen LogP contribution in [0.2, 0.25) is 0 Å². The third-order valence-electron chi connectivity index (χ3n) is 3.64. The molecule has 3 aromatic rings. The predicted molar refractivity (Wildman–Crippen MR) is 98.4 cm³/mol. The van der Waals surface area contributed by atoms with Crippen molar-refractivity contribution in [2.24, 2.45) is 0 Å². The van der Waals surface area contributed by atoms with Crippen molar-refractivity contribution in [1.82, 2.24) is 20.2 Å². The molecule has 0 atom stereocenters. The number of carbonyl (C=O) groups is 2. The number of benzene rings is 2. The van der Waals surface area contributed by atoms with Crippen LogP contribution < -0.4 is 10.6 Å². The number of hydrogen-bond donors (Lipinski definition) is 2. The first-order valence-electron chi connectivity index (χ1n) is 8.15. The molecule has 0 aliphatic heterocycles. The molecule has 0 saturated heterocycles. The first kappa shape index (κ1) is 18.2. The van der Waals surface area contributed by atoms with E-state index in [1.165, 1.54) is 18.1 Å². The van der Waals surface area contributed by atoms with E-state index < -0.39 is 0 Å². The minimum Gasteiger partial charge on any atom is -0.375 e. The smallest absolute Gasteiger partial charge is 0.250 e. The number of hydrogen-bond acceptors (Lipinski definition) is 6. The Morgan fingerprint density at radius 2 is 1.59 bits per heavy atom. The van der Waals surface area contributed by atoms with E-state index in [2.05, 4.69) is 26.2 Å². The molecule has 27 heavy (non-hydrogen) atoms. The molecule has 2 amide bonds. The number of ether oxygens (including phenoxy) is 1. The maximum Gasteiger partial charge on any atom is 0.250 e. The third-order valence-corrected chi connectivity index (χ3v) is 3.64. The number of anilines is 2. The summed E-state index contributed by atoms with van der Waals surface area (Å²) in [5, 5.41) is 16.5. The predicted octanol–water partition coefficient (Wildman–Crippen LogP) is 1.43. The molecule has 9 heteroatoms. The van der Waals surface area contributed by atoms with Gasteiger partial charge in [-0.15, -0.1) is 5.10 Å². The Morgan fingerprint density at radius 3 is 2.15 bits per heavy atom. The van der Waals surface area contributed by atoms with Gasteiger partial charge in [0.05, 0.1) is 12.1 Å². The minimum absolute atomic E-state index is 0.00923. The van der Waals surface area contributed by atoms with Gasteiger partial charge in [-0.25, -0.2) is 4.68 Å². The number of tetrazole rings is 1. The van der Waals surface area contributed by atoms with Gasteiger partial charge in [0, 0.05) is 18.5 Å². The molecular weight excluding hydrogens is 348 g/mol. The number of carbonyl (C=O) groups excluding carboxylic acids is 2. The van der Waals surface area contributed by atoms with Gasteiger partial charge in [-0.2, -0.15) is 0 Å². The Kier molecular flexibility index (Phi) is 5.85. The number of nitrogens with zero attached hydrogens (tertiary/aromatic N) is 4. The lowest BCUT2D eigenvalue weighted by Crippen LogP contribution is -2.17. The molecule has 0 radical (unpaired) electrons. The zero-order valence-corrected chi connectivity index (χ0v) is 14.6. The number of rotatable bonds is 7. The molecular formula is C18H18N6O3. The lowest BCUT2D eigenvalue weighted by atomic mass is 10.1. The van der Waals surface area contributed by atoms with Crippen LogP contribution >= 0.6 is 0 Å². The minimum atomic E-state index is -0.237. The number of methoxy groups -OCH3 is 1. The summed E-state index contributed by atoms with van der Waals surface area (Å²) in [7, 11) is 1.46. The molecule has 0 spiro atoms. The third kappa shape index (κ3) is 5.19. The fraction of sp³-hybridized carbons (Fsp3) is 0.167. The Hall–Kier alpha value is -3.59. The number of aromatic nitrogens is 4. The van der Waals surface area contributed by atoms with Gasteiger partial charge in [0.1, 0.15) is 12.9 Å². The lowest BCUT2D eigenvalue weighted by molar-refractivity contribution is -0.119. The van der Waals surface area contributed by atoms with Gasteiger partial charge in [-0.3, -0.25) is 9.59 Å². The van der Waals surface area contributed by atoms with Crippen molar-refractivity contribution in [2.45, 2.75) is 6.42 Å². The highest BCUT2D eigenvalue weighted by molar-refractivity contribution is 5.94. The molecule has 0 aliphatic rings. The summed E-state index contributed by atoms with van der Waals surface area (Å²) < 4.78 is 6.30. The zero-order valence-electron chi connectivity index (χ0n) is 14.6. The van der Waals surface area contributed by atoms with Gasteiger partial charge in [0.2, 0.25) is 11.8 Å². The highest BCUT2D eigenvalue weighted by Gasteiger charge is 2.06. The van der Waals surface area contributed by atoms with Gasteiger partial charge < -0.3 is 15.4 Å². The maximum absolute atomic E-state index is 12.2. The molecule has 2 N–H and O–H groups in total. The van der Waals surface area contributed by atoms with Crippen molar-refractivity contribution in [1.29, 1.82) is 0 Å². The average molecular weight is 366 g/mol. The van der Waals surface area contributed by atoms with Gasteiger partial charge in [0.15, 0.2) is 0 Å². The Bertz CT molecular complexity index is 892. The molecule has 0 aliphatic carbocycles. The Balaban J connectivity index is 1.53. The summed E-state index contributed by atoms with van der Waals surface area (Å²) in [5.41, 5.74) is 2.96. The van der Waals surface area contributed by atoms with Crippen LogP contribution in [0.3, 0.4) is 0 Å². The van der Waals surface area contributed by atoms with E-state index in [-0.39, 0.29) is 24.8 Å². The van der Waals surface area contributed by atoms with E-state index in [9.17, 15) is 9.59 Å². The second kappa shape index (κ2) is 8.68. The second-order valence-corrected chi connectivity index (χ2v) is 5.70. The molecule has 138 valence electrons. The van der Waals surface area contributed by atoms with Crippen LogP contribution in [0.15, 0.2) is 54.9 Å². The van der Waals surface area contributed by atoms with Crippen molar-refractivity contribution in [3.8, 4) is 5.69 Å². The highest BCUT2D eigenvalue weighted by Crippen LogP contribution is 2.14. The average Bonchev–Trinajstić information content (AvgIpc) is 3.19. The first-order chi connectivity index (χ1) is 13.1. The summed E-state index contributed by atoms with van der Waals surface area (Å²) in [4.78, 5) is 23.7. The molecule has 2 aromatic carbocycles. The van der Waals surface area contributed by atoms with Gasteiger partial charge in [-0.05, 0) is 52.4 Å². The van der Waals surface area contributed by atoms with Crippen molar-refractivity contribution in [3.63, 3.8) is 0 Å². The quantitative estimate of drug-likeness (QED) is 0.654. The van der Waals surface area contributed by atoms with Crippen LogP contribution in [0.25, 0.3) is 5.69 Å². The van der Waals surface area contributed by atoms with E-state index >= 15 is 0 Å². The largest absolute Gasteiger partial charge is 0.375 e. The molecule has 0 saturated carbocycles. The molecule has 1 heterocycles. The molecule has 0 fully saturated rings. The monoisotopic (exact) mass is 366 g/mol. The van der Waals surface area contributed by atoms with E-state index in [4.69, 9.17) is 4.74 Å². The summed E-state index contributed by atoms with van der Waals surface area (Å²) in [5.74, 6) is -0.374. The maximum atomic E-state index is 12.2. The van der Waals surface area contributed by atoms with Crippen LogP contribution in [0.5, 0.6) is 0 Å². The number of nitrogens with one attached hydrogen (secondary N) is 2. The van der Waals surface area contributed by atoms with Crippen LogP contribution in [0.4, 0.5) is 11.4 Å². The van der Waals surface area contributed by atoms with Crippen LogP contribution in [0.1, 0.15) is 5.56 Å². The van der Waals surface area contributed by atoms with Gasteiger partial charge in [0.25, 0.3) is 0 Å². The summed E-state index contributed by atoms with van der Waals surface area (Å²) in [6.07, 6.45) is 1.74. The van der Waals surface area contributed by atoms with Crippen molar-refractivity contribution in [3.05, 3.63) is 60.4 Å². The van der Waals surface area contributed by atoms with E-state index in [1.807, 2.05) is 24.3 Å². The Morgan fingerprint density at radius 1 is 0.963 bits per heavy atom. The van der Waals surface area contributed by atoms with E-state index in [0.29, 0.717) is 11.4 Å². The summed E-state index contributed by atoms with van der Waals surface area (Å²) in [6, 6.07) is 14.3. The van der Waals surface area contributed by atoms with Crippen molar-refractivity contribution in [2.75, 3.05) is 24.4 Å². The van der Waals surface area contributed by atoms with Crippen LogP contribution in [0, 0.1) is 0 Å². The van der Waals surface area contributed by atoms with Gasteiger partial charge >= 0.3 is 0 Å². The standard InChI is InChI=1S/C18H18N6O3/c1-27-11-18(26)21-15-6-4-14(5-7-15)20-17(25)10-13-2-8-16(9-3-13)24-12-19-22-23-24/h2-9,12H,10-11H2,1H3,(H,20,25)(H,21,26). The van der Waals surface area contributed by atoms with E-state index in [1.54, 1.807) is 24.3 Å². The normalized spacial score (nSPS) is 10.4. The topological polar surface area (TPSA) is 111 Å². The lowest BCUT2D eigenvalue weighted by Gasteiger charge is -2.08. The first-order valence-corrected chi connectivity index (χ1v) is 8.15. The fourth-order valence-corrected chi connectivity index (χ4v) is 2.40. The molecule has 0 bridgehead atoms. The molecule has 1 aromatic heterocycles.